The molecule has 20 heavy (non-hydrogen) atoms. The molecule has 3 aromatic rings. The zero-order valence-corrected chi connectivity index (χ0v) is 11.6. The number of fused-ring (bicyclic) bond motifs is 1. The third-order valence-electron chi connectivity index (χ3n) is 2.93. The lowest BCUT2D eigenvalue weighted by molar-refractivity contribution is 0.0699. The molecule has 0 bridgehead atoms. The van der Waals surface area contributed by atoms with Crippen LogP contribution in [0.5, 0.6) is 5.75 Å². The SMILES string of the molecule is O=C(O)c1csc2c(-c3cc(Cl)ccc3O)ccnc12. The van der Waals surface area contributed by atoms with Gasteiger partial charge in [0.25, 0.3) is 0 Å². The van der Waals surface area contributed by atoms with E-state index >= 15 is 0 Å². The molecule has 0 atom stereocenters. The Kier molecular flexibility index (Phi) is 3.08. The summed E-state index contributed by atoms with van der Waals surface area (Å²) in [7, 11) is 0. The molecule has 2 aromatic heterocycles. The van der Waals surface area contributed by atoms with Crippen LogP contribution >= 0.6 is 22.9 Å². The first-order chi connectivity index (χ1) is 9.58. The number of phenolic OH excluding ortho intramolecular Hbond substituents is 1. The molecule has 0 spiro atoms. The van der Waals surface area contributed by atoms with Crippen LogP contribution in [0.15, 0.2) is 35.8 Å². The zero-order valence-electron chi connectivity index (χ0n) is 10.0. The van der Waals surface area contributed by atoms with Crippen LogP contribution in [0.4, 0.5) is 0 Å². The van der Waals surface area contributed by atoms with Gasteiger partial charge in [-0.2, -0.15) is 0 Å². The van der Waals surface area contributed by atoms with Gasteiger partial charge in [-0.3, -0.25) is 4.98 Å². The van der Waals surface area contributed by atoms with Crippen molar-refractivity contribution in [1.29, 1.82) is 0 Å². The fraction of sp³-hybridized carbons (Fsp3) is 0. The number of benzene rings is 1. The number of phenols is 1. The summed E-state index contributed by atoms with van der Waals surface area (Å²) in [5.41, 5.74) is 1.85. The van der Waals surface area contributed by atoms with E-state index in [9.17, 15) is 9.90 Å². The van der Waals surface area contributed by atoms with E-state index in [1.807, 2.05) is 0 Å². The lowest BCUT2D eigenvalue weighted by atomic mass is 10.0. The van der Waals surface area contributed by atoms with Gasteiger partial charge in [0.05, 0.1) is 15.8 Å². The average molecular weight is 306 g/mol. The van der Waals surface area contributed by atoms with Gasteiger partial charge in [0.2, 0.25) is 0 Å². The first kappa shape index (κ1) is 12.9. The Balaban J connectivity index is 2.32. The van der Waals surface area contributed by atoms with Crippen molar-refractivity contribution in [1.82, 2.24) is 4.98 Å². The summed E-state index contributed by atoms with van der Waals surface area (Å²) in [6, 6.07) is 6.48. The molecule has 3 rings (SSSR count). The lowest BCUT2D eigenvalue weighted by Crippen LogP contribution is -1.95. The average Bonchev–Trinajstić information content (AvgIpc) is 2.85. The number of carboxylic acids is 1. The normalized spacial score (nSPS) is 10.8. The summed E-state index contributed by atoms with van der Waals surface area (Å²) < 4.78 is 0.711. The van der Waals surface area contributed by atoms with E-state index < -0.39 is 5.97 Å². The molecule has 0 aliphatic rings. The molecule has 2 N–H and O–H groups in total. The Bertz CT molecular complexity index is 828. The van der Waals surface area contributed by atoms with E-state index in [4.69, 9.17) is 16.7 Å². The number of aromatic carboxylic acids is 1. The number of carbonyl (C=O) groups is 1. The summed E-state index contributed by atoms with van der Waals surface area (Å²) in [5.74, 6) is -0.927. The highest BCUT2D eigenvalue weighted by Gasteiger charge is 2.16. The van der Waals surface area contributed by atoms with E-state index in [0.29, 0.717) is 26.4 Å². The Hall–Kier alpha value is -2.11. The highest BCUT2D eigenvalue weighted by atomic mass is 35.5. The number of rotatable bonds is 2. The number of nitrogens with zero attached hydrogens (tertiary/aromatic N) is 1. The molecule has 6 heteroatoms. The smallest absolute Gasteiger partial charge is 0.338 e. The second kappa shape index (κ2) is 4.77. The van der Waals surface area contributed by atoms with Crippen LogP contribution in [0, 0.1) is 0 Å². The van der Waals surface area contributed by atoms with Crippen LogP contribution < -0.4 is 0 Å². The number of hydrogen-bond acceptors (Lipinski definition) is 4. The molecule has 100 valence electrons. The Labute approximate surface area is 122 Å². The molecular weight excluding hydrogens is 298 g/mol. The maximum Gasteiger partial charge on any atom is 0.338 e. The molecule has 0 fully saturated rings. The number of halogens is 1. The molecule has 0 aliphatic heterocycles. The summed E-state index contributed by atoms with van der Waals surface area (Å²) >= 11 is 7.24. The van der Waals surface area contributed by atoms with Crippen LogP contribution in [0.25, 0.3) is 21.3 Å². The number of carboxylic acid groups (broad SMARTS) is 1. The highest BCUT2D eigenvalue weighted by molar-refractivity contribution is 7.18. The fourth-order valence-electron chi connectivity index (χ4n) is 2.02. The molecular formula is C14H8ClNO3S. The van der Waals surface area contributed by atoms with Crippen LogP contribution in [0.1, 0.15) is 10.4 Å². The second-order valence-corrected chi connectivity index (χ2v) is 5.47. The van der Waals surface area contributed by atoms with Crippen LogP contribution in [-0.2, 0) is 0 Å². The number of thiophene rings is 1. The van der Waals surface area contributed by atoms with Gasteiger partial charge < -0.3 is 10.2 Å². The van der Waals surface area contributed by atoms with Crippen molar-refractivity contribution in [2.45, 2.75) is 0 Å². The van der Waals surface area contributed by atoms with Crippen molar-refractivity contribution in [3.63, 3.8) is 0 Å². The Morgan fingerprint density at radius 2 is 2.05 bits per heavy atom. The number of pyridine rings is 1. The highest BCUT2D eigenvalue weighted by Crippen LogP contribution is 2.38. The van der Waals surface area contributed by atoms with Crippen molar-refractivity contribution in [2.24, 2.45) is 0 Å². The molecule has 0 saturated carbocycles. The van der Waals surface area contributed by atoms with Crippen LogP contribution in [-0.4, -0.2) is 21.2 Å². The van der Waals surface area contributed by atoms with Gasteiger partial charge in [0, 0.05) is 27.7 Å². The molecule has 0 aliphatic carbocycles. The first-order valence-corrected chi connectivity index (χ1v) is 6.92. The summed E-state index contributed by atoms with van der Waals surface area (Å²) in [6.45, 7) is 0. The maximum atomic E-state index is 11.1. The lowest BCUT2D eigenvalue weighted by Gasteiger charge is -2.06. The first-order valence-electron chi connectivity index (χ1n) is 5.66. The molecule has 2 heterocycles. The minimum absolute atomic E-state index is 0.0900. The largest absolute Gasteiger partial charge is 0.507 e. The molecule has 4 nitrogen and oxygen atoms in total. The fourth-order valence-corrected chi connectivity index (χ4v) is 3.22. The second-order valence-electron chi connectivity index (χ2n) is 4.15. The van der Waals surface area contributed by atoms with Gasteiger partial charge in [-0.25, -0.2) is 4.79 Å². The van der Waals surface area contributed by atoms with Crippen LogP contribution in [0.2, 0.25) is 5.02 Å². The van der Waals surface area contributed by atoms with E-state index in [-0.39, 0.29) is 11.3 Å². The minimum atomic E-state index is -1.02. The molecule has 0 saturated heterocycles. The van der Waals surface area contributed by atoms with E-state index in [2.05, 4.69) is 4.98 Å². The summed E-state index contributed by atoms with van der Waals surface area (Å²) in [4.78, 5) is 15.3. The molecule has 0 radical (unpaired) electrons. The minimum Gasteiger partial charge on any atom is -0.507 e. The van der Waals surface area contributed by atoms with Gasteiger partial charge in [-0.1, -0.05) is 11.6 Å². The standard InChI is InChI=1S/C14H8ClNO3S/c15-7-1-2-11(17)9(5-7)8-3-4-16-12-10(14(18)19)6-20-13(8)12/h1-6,17H,(H,18,19). The van der Waals surface area contributed by atoms with Gasteiger partial charge in [-0.05, 0) is 24.3 Å². The zero-order chi connectivity index (χ0) is 14.3. The number of aromatic nitrogens is 1. The van der Waals surface area contributed by atoms with Crippen molar-refractivity contribution in [2.75, 3.05) is 0 Å². The summed E-state index contributed by atoms with van der Waals surface area (Å²) in [5, 5.41) is 21.1. The predicted molar refractivity (Wildman–Crippen MR) is 78.7 cm³/mol. The molecule has 1 aromatic carbocycles. The van der Waals surface area contributed by atoms with E-state index in [1.165, 1.54) is 23.6 Å². The van der Waals surface area contributed by atoms with Gasteiger partial charge in [0.1, 0.15) is 5.75 Å². The van der Waals surface area contributed by atoms with E-state index in [0.717, 1.165) is 0 Å². The van der Waals surface area contributed by atoms with Crippen molar-refractivity contribution >= 4 is 39.1 Å². The maximum absolute atomic E-state index is 11.1. The molecule has 0 amide bonds. The van der Waals surface area contributed by atoms with Crippen molar-refractivity contribution in [3.8, 4) is 16.9 Å². The Morgan fingerprint density at radius 1 is 1.25 bits per heavy atom. The third kappa shape index (κ3) is 2.01. The monoisotopic (exact) mass is 305 g/mol. The van der Waals surface area contributed by atoms with Gasteiger partial charge in [0.15, 0.2) is 0 Å². The number of aromatic hydroxyl groups is 1. The third-order valence-corrected chi connectivity index (χ3v) is 4.17. The quantitative estimate of drug-likeness (QED) is 0.750. The topological polar surface area (TPSA) is 70.4 Å². The van der Waals surface area contributed by atoms with Crippen molar-refractivity contribution < 1.29 is 15.0 Å². The van der Waals surface area contributed by atoms with E-state index in [1.54, 1.807) is 23.6 Å². The van der Waals surface area contributed by atoms with Gasteiger partial charge in [-0.15, -0.1) is 11.3 Å². The van der Waals surface area contributed by atoms with Crippen molar-refractivity contribution in [3.05, 3.63) is 46.4 Å². The van der Waals surface area contributed by atoms with Gasteiger partial charge >= 0.3 is 5.97 Å². The van der Waals surface area contributed by atoms with Crippen LogP contribution in [0.3, 0.4) is 0 Å². The predicted octanol–water partition coefficient (Wildman–Crippen LogP) is 4.02. The molecule has 0 unspecified atom stereocenters. The summed E-state index contributed by atoms with van der Waals surface area (Å²) in [6.07, 6.45) is 1.52. The number of hydrogen-bond donors (Lipinski definition) is 2. The Morgan fingerprint density at radius 3 is 2.80 bits per heavy atom.